The van der Waals surface area contributed by atoms with Crippen molar-refractivity contribution in [2.24, 2.45) is 5.92 Å². The van der Waals surface area contributed by atoms with E-state index in [1.54, 1.807) is 0 Å². The highest BCUT2D eigenvalue weighted by Crippen LogP contribution is 2.19. The Hall–Kier alpha value is -0.870. The lowest BCUT2D eigenvalue weighted by Crippen LogP contribution is -2.51. The first-order valence-electron chi connectivity index (χ1n) is 6.87. The highest BCUT2D eigenvalue weighted by molar-refractivity contribution is 9.10. The zero-order valence-corrected chi connectivity index (χ0v) is 13.0. The van der Waals surface area contributed by atoms with Crippen molar-refractivity contribution in [1.29, 1.82) is 0 Å². The molecule has 0 radical (unpaired) electrons. The summed E-state index contributed by atoms with van der Waals surface area (Å²) in [4.78, 5) is 12.3. The first-order chi connectivity index (χ1) is 9.08. The highest BCUT2D eigenvalue weighted by Gasteiger charge is 2.28. The molecule has 2 N–H and O–H groups in total. The zero-order valence-electron chi connectivity index (χ0n) is 11.4. The first-order valence-corrected chi connectivity index (χ1v) is 7.66. The van der Waals surface area contributed by atoms with Gasteiger partial charge in [0, 0.05) is 4.47 Å². The van der Waals surface area contributed by atoms with Crippen LogP contribution in [0.4, 0.5) is 0 Å². The third-order valence-corrected chi connectivity index (χ3v) is 4.31. The first kappa shape index (κ1) is 14.5. The number of halogens is 1. The Bertz CT molecular complexity index is 432. The van der Waals surface area contributed by atoms with Gasteiger partial charge in [0.2, 0.25) is 5.91 Å². The maximum atomic E-state index is 12.3. The van der Waals surface area contributed by atoms with Gasteiger partial charge in [0.25, 0.3) is 0 Å². The molecule has 1 aromatic carbocycles. The SMILES string of the molecule is CC1CCCNC1C(=O)N[C@@H](C)c1ccc(Br)cc1. The molecule has 2 unspecified atom stereocenters. The Labute approximate surface area is 123 Å². The number of nitrogens with one attached hydrogen (secondary N) is 2. The molecule has 1 aliphatic rings. The maximum Gasteiger partial charge on any atom is 0.237 e. The molecule has 1 fully saturated rings. The molecule has 0 aromatic heterocycles. The van der Waals surface area contributed by atoms with E-state index in [-0.39, 0.29) is 18.0 Å². The number of carbonyl (C=O) groups is 1. The van der Waals surface area contributed by atoms with Crippen LogP contribution in [0.5, 0.6) is 0 Å². The fraction of sp³-hybridized carbons (Fsp3) is 0.533. The molecule has 1 aromatic rings. The van der Waals surface area contributed by atoms with Crippen LogP contribution in [0.1, 0.15) is 38.3 Å². The fourth-order valence-electron chi connectivity index (χ4n) is 2.54. The third kappa shape index (κ3) is 3.80. The largest absolute Gasteiger partial charge is 0.348 e. The third-order valence-electron chi connectivity index (χ3n) is 3.78. The van der Waals surface area contributed by atoms with E-state index >= 15 is 0 Å². The normalized spacial score (nSPS) is 24.8. The van der Waals surface area contributed by atoms with E-state index in [4.69, 9.17) is 0 Å². The Balaban J connectivity index is 1.96. The lowest BCUT2D eigenvalue weighted by molar-refractivity contribution is -0.125. The molecule has 104 valence electrons. The van der Waals surface area contributed by atoms with Gasteiger partial charge in [0.05, 0.1) is 12.1 Å². The molecule has 2 rings (SSSR count). The lowest BCUT2D eigenvalue weighted by Gasteiger charge is -2.30. The van der Waals surface area contributed by atoms with Crippen LogP contribution in [-0.4, -0.2) is 18.5 Å². The number of rotatable bonds is 3. The van der Waals surface area contributed by atoms with E-state index in [9.17, 15) is 4.79 Å². The minimum absolute atomic E-state index is 0.0385. The number of amides is 1. The summed E-state index contributed by atoms with van der Waals surface area (Å²) in [6.07, 6.45) is 2.28. The van der Waals surface area contributed by atoms with Crippen molar-refractivity contribution in [3.05, 3.63) is 34.3 Å². The van der Waals surface area contributed by atoms with Crippen molar-refractivity contribution in [2.45, 2.75) is 38.8 Å². The summed E-state index contributed by atoms with van der Waals surface area (Å²) >= 11 is 3.42. The Kier molecular flexibility index (Phi) is 4.99. The van der Waals surface area contributed by atoms with Crippen LogP contribution in [0.25, 0.3) is 0 Å². The number of hydrogen-bond donors (Lipinski definition) is 2. The molecule has 3 nitrogen and oxygen atoms in total. The van der Waals surface area contributed by atoms with E-state index < -0.39 is 0 Å². The van der Waals surface area contributed by atoms with Crippen molar-refractivity contribution in [2.75, 3.05) is 6.54 Å². The molecule has 1 aliphatic heterocycles. The quantitative estimate of drug-likeness (QED) is 0.897. The number of hydrogen-bond acceptors (Lipinski definition) is 2. The van der Waals surface area contributed by atoms with E-state index in [2.05, 4.69) is 33.5 Å². The average Bonchev–Trinajstić information content (AvgIpc) is 2.39. The van der Waals surface area contributed by atoms with Crippen LogP contribution in [0.3, 0.4) is 0 Å². The average molecular weight is 325 g/mol. The van der Waals surface area contributed by atoms with Gasteiger partial charge in [-0.1, -0.05) is 35.0 Å². The second-order valence-electron chi connectivity index (χ2n) is 5.33. The van der Waals surface area contributed by atoms with Crippen molar-refractivity contribution in [3.8, 4) is 0 Å². The van der Waals surface area contributed by atoms with Crippen molar-refractivity contribution in [3.63, 3.8) is 0 Å². The summed E-state index contributed by atoms with van der Waals surface area (Å²) in [6, 6.07) is 8.06. The fourth-order valence-corrected chi connectivity index (χ4v) is 2.80. The summed E-state index contributed by atoms with van der Waals surface area (Å²) in [5.41, 5.74) is 1.13. The summed E-state index contributed by atoms with van der Waals surface area (Å²) in [5, 5.41) is 6.41. The van der Waals surface area contributed by atoms with Gasteiger partial charge in [-0.05, 0) is 49.9 Å². The predicted octanol–water partition coefficient (Wildman–Crippen LogP) is 3.01. The van der Waals surface area contributed by atoms with Gasteiger partial charge in [-0.3, -0.25) is 4.79 Å². The molecular formula is C15H21BrN2O. The molecule has 0 bridgehead atoms. The molecule has 0 spiro atoms. The summed E-state index contributed by atoms with van der Waals surface area (Å²) in [6.45, 7) is 5.10. The van der Waals surface area contributed by atoms with Crippen LogP contribution in [0.15, 0.2) is 28.7 Å². The monoisotopic (exact) mass is 324 g/mol. The standard InChI is InChI=1S/C15H21BrN2O/c1-10-4-3-9-17-14(10)15(19)18-11(2)12-5-7-13(16)8-6-12/h5-8,10-11,14,17H,3-4,9H2,1-2H3,(H,18,19)/t10?,11-,14?/m0/s1. The Morgan fingerprint density at radius 2 is 2.11 bits per heavy atom. The van der Waals surface area contributed by atoms with Gasteiger partial charge in [0.15, 0.2) is 0 Å². The van der Waals surface area contributed by atoms with Gasteiger partial charge in [-0.15, -0.1) is 0 Å². The van der Waals surface area contributed by atoms with Crippen LogP contribution in [0.2, 0.25) is 0 Å². The molecule has 3 atom stereocenters. The number of piperidine rings is 1. The van der Waals surface area contributed by atoms with Gasteiger partial charge in [-0.2, -0.15) is 0 Å². The van der Waals surface area contributed by atoms with Crippen molar-refractivity contribution >= 4 is 21.8 Å². The van der Waals surface area contributed by atoms with E-state index in [1.807, 2.05) is 31.2 Å². The minimum atomic E-state index is -0.0494. The van der Waals surface area contributed by atoms with Crippen LogP contribution in [-0.2, 0) is 4.79 Å². The van der Waals surface area contributed by atoms with E-state index in [1.165, 1.54) is 0 Å². The number of carbonyl (C=O) groups excluding carboxylic acids is 1. The number of benzene rings is 1. The van der Waals surface area contributed by atoms with Crippen LogP contribution < -0.4 is 10.6 Å². The highest BCUT2D eigenvalue weighted by atomic mass is 79.9. The van der Waals surface area contributed by atoms with Gasteiger partial charge >= 0.3 is 0 Å². The van der Waals surface area contributed by atoms with Gasteiger partial charge in [-0.25, -0.2) is 0 Å². The second-order valence-corrected chi connectivity index (χ2v) is 6.25. The smallest absolute Gasteiger partial charge is 0.237 e. The summed E-state index contributed by atoms with van der Waals surface area (Å²) in [7, 11) is 0. The molecule has 4 heteroatoms. The lowest BCUT2D eigenvalue weighted by atomic mass is 9.92. The molecule has 19 heavy (non-hydrogen) atoms. The van der Waals surface area contributed by atoms with Crippen molar-refractivity contribution in [1.82, 2.24) is 10.6 Å². The van der Waals surface area contributed by atoms with E-state index in [0.29, 0.717) is 5.92 Å². The van der Waals surface area contributed by atoms with Crippen LogP contribution >= 0.6 is 15.9 Å². The van der Waals surface area contributed by atoms with E-state index in [0.717, 1.165) is 29.4 Å². The molecule has 1 amide bonds. The molecule has 0 aliphatic carbocycles. The van der Waals surface area contributed by atoms with Crippen LogP contribution in [0, 0.1) is 5.92 Å². The minimum Gasteiger partial charge on any atom is -0.348 e. The predicted molar refractivity (Wildman–Crippen MR) is 80.9 cm³/mol. The van der Waals surface area contributed by atoms with Gasteiger partial charge < -0.3 is 10.6 Å². The maximum absolute atomic E-state index is 12.3. The summed E-state index contributed by atoms with van der Waals surface area (Å²) < 4.78 is 1.05. The Morgan fingerprint density at radius 1 is 1.42 bits per heavy atom. The second kappa shape index (κ2) is 6.53. The topological polar surface area (TPSA) is 41.1 Å². The molecule has 1 heterocycles. The van der Waals surface area contributed by atoms with Crippen molar-refractivity contribution < 1.29 is 4.79 Å². The summed E-state index contributed by atoms with van der Waals surface area (Å²) in [5.74, 6) is 0.522. The molecule has 1 saturated heterocycles. The molecular weight excluding hydrogens is 304 g/mol. The zero-order chi connectivity index (χ0) is 13.8. The van der Waals surface area contributed by atoms with Gasteiger partial charge in [0.1, 0.15) is 0 Å². The molecule has 0 saturated carbocycles. The Morgan fingerprint density at radius 3 is 2.74 bits per heavy atom.